The van der Waals surface area contributed by atoms with Gasteiger partial charge in [-0.2, -0.15) is 13.2 Å². The first-order chi connectivity index (χ1) is 8.88. The molecule has 2 nitrogen and oxygen atoms in total. The lowest BCUT2D eigenvalue weighted by Crippen LogP contribution is -2.40. The number of halogens is 3. The fourth-order valence-electron chi connectivity index (χ4n) is 2.43. The Balaban J connectivity index is 1.78. The molecule has 0 spiro atoms. The van der Waals surface area contributed by atoms with Gasteiger partial charge in [-0.1, -0.05) is 30.3 Å². The van der Waals surface area contributed by atoms with Gasteiger partial charge in [-0.15, -0.1) is 0 Å². The predicted octanol–water partition coefficient (Wildman–Crippen LogP) is 2.65. The minimum absolute atomic E-state index is 0.360. The smallest absolute Gasteiger partial charge is 0.382 e. The molecule has 2 rings (SSSR count). The van der Waals surface area contributed by atoms with Crippen molar-refractivity contribution in [1.29, 1.82) is 0 Å². The minimum Gasteiger partial charge on any atom is -0.382 e. The summed E-state index contributed by atoms with van der Waals surface area (Å²) >= 11 is 0. The lowest BCUT2D eigenvalue weighted by Gasteiger charge is -2.22. The van der Waals surface area contributed by atoms with Crippen LogP contribution < -0.4 is 0 Å². The Morgan fingerprint density at radius 1 is 1.32 bits per heavy atom. The summed E-state index contributed by atoms with van der Waals surface area (Å²) in [6.45, 7) is 0.230. The molecule has 1 aliphatic carbocycles. The number of rotatable bonds is 5. The van der Waals surface area contributed by atoms with Crippen molar-refractivity contribution in [2.24, 2.45) is 5.92 Å². The number of likely N-dealkylation sites (N-methyl/N-ethyl adjacent to an activating group) is 1. The zero-order valence-electron chi connectivity index (χ0n) is 10.8. The molecule has 1 N–H and O–H groups in total. The van der Waals surface area contributed by atoms with E-state index in [4.69, 9.17) is 5.11 Å². The van der Waals surface area contributed by atoms with E-state index in [1.54, 1.807) is 11.9 Å². The topological polar surface area (TPSA) is 23.5 Å². The van der Waals surface area contributed by atoms with Gasteiger partial charge in [0, 0.05) is 13.1 Å². The molecular weight excluding hydrogens is 255 g/mol. The number of hydrogen-bond acceptors (Lipinski definition) is 2. The van der Waals surface area contributed by atoms with Gasteiger partial charge in [-0.25, -0.2) is 0 Å². The zero-order valence-corrected chi connectivity index (χ0v) is 10.8. The fourth-order valence-corrected chi connectivity index (χ4v) is 2.43. The van der Waals surface area contributed by atoms with Gasteiger partial charge in [0.05, 0.1) is 0 Å². The van der Waals surface area contributed by atoms with E-state index in [9.17, 15) is 13.2 Å². The van der Waals surface area contributed by atoms with Crippen LogP contribution in [0.1, 0.15) is 17.9 Å². The maximum Gasteiger partial charge on any atom is 0.415 e. The van der Waals surface area contributed by atoms with Gasteiger partial charge in [0.25, 0.3) is 0 Å². The second-order valence-corrected chi connectivity index (χ2v) is 5.29. The van der Waals surface area contributed by atoms with Crippen molar-refractivity contribution in [3.8, 4) is 0 Å². The van der Waals surface area contributed by atoms with E-state index in [0.29, 0.717) is 18.4 Å². The van der Waals surface area contributed by atoms with Crippen molar-refractivity contribution < 1.29 is 18.3 Å². The van der Waals surface area contributed by atoms with Crippen molar-refractivity contribution in [3.05, 3.63) is 35.9 Å². The van der Waals surface area contributed by atoms with E-state index in [1.165, 1.54) is 5.56 Å². The van der Waals surface area contributed by atoms with Crippen LogP contribution >= 0.6 is 0 Å². The molecule has 0 saturated heterocycles. The SMILES string of the molecule is CN(C[C@@H]1C[C@H]1c1ccccc1)C[C@H](O)C(F)(F)F. The number of hydrogen-bond donors (Lipinski definition) is 1. The van der Waals surface area contributed by atoms with Crippen LogP contribution in [0.4, 0.5) is 13.2 Å². The van der Waals surface area contributed by atoms with Gasteiger partial charge in [0.2, 0.25) is 0 Å². The molecule has 1 fully saturated rings. The molecule has 0 bridgehead atoms. The lowest BCUT2D eigenvalue weighted by atomic mass is 10.1. The van der Waals surface area contributed by atoms with Gasteiger partial charge in [0.1, 0.15) is 0 Å². The molecular formula is C14H18F3NO. The van der Waals surface area contributed by atoms with E-state index < -0.39 is 12.3 Å². The highest BCUT2D eigenvalue weighted by Crippen LogP contribution is 2.47. The molecule has 1 aromatic carbocycles. The maximum absolute atomic E-state index is 12.2. The molecule has 3 atom stereocenters. The summed E-state index contributed by atoms with van der Waals surface area (Å²) in [7, 11) is 1.62. The quantitative estimate of drug-likeness (QED) is 0.891. The van der Waals surface area contributed by atoms with Crippen LogP contribution in [0.3, 0.4) is 0 Å². The Labute approximate surface area is 110 Å². The van der Waals surface area contributed by atoms with Crippen LogP contribution in [0.5, 0.6) is 0 Å². The van der Waals surface area contributed by atoms with E-state index in [-0.39, 0.29) is 6.54 Å². The number of alkyl halides is 3. The highest BCUT2D eigenvalue weighted by molar-refractivity contribution is 5.25. The van der Waals surface area contributed by atoms with Crippen LogP contribution in [0.15, 0.2) is 30.3 Å². The fraction of sp³-hybridized carbons (Fsp3) is 0.571. The summed E-state index contributed by atoms with van der Waals surface area (Å²) in [4.78, 5) is 1.56. The largest absolute Gasteiger partial charge is 0.415 e. The van der Waals surface area contributed by atoms with Crippen molar-refractivity contribution >= 4 is 0 Å². The van der Waals surface area contributed by atoms with Crippen molar-refractivity contribution in [1.82, 2.24) is 4.90 Å². The van der Waals surface area contributed by atoms with Crippen molar-refractivity contribution in [2.75, 3.05) is 20.1 Å². The average Bonchev–Trinajstić information content (AvgIpc) is 3.08. The third-order valence-corrected chi connectivity index (χ3v) is 3.56. The molecule has 0 amide bonds. The van der Waals surface area contributed by atoms with Crippen LogP contribution in [-0.4, -0.2) is 42.4 Å². The molecule has 106 valence electrons. The molecule has 1 aromatic rings. The summed E-state index contributed by atoms with van der Waals surface area (Å²) in [6, 6.07) is 10.0. The molecule has 1 aliphatic rings. The van der Waals surface area contributed by atoms with Gasteiger partial charge in [-0.05, 0) is 30.9 Å². The second-order valence-electron chi connectivity index (χ2n) is 5.29. The highest BCUT2D eigenvalue weighted by atomic mass is 19.4. The first kappa shape index (κ1) is 14.3. The van der Waals surface area contributed by atoms with Gasteiger partial charge in [-0.3, -0.25) is 0 Å². The van der Waals surface area contributed by atoms with E-state index >= 15 is 0 Å². The molecule has 5 heteroatoms. The summed E-state index contributed by atoms with van der Waals surface area (Å²) < 4.78 is 36.7. The zero-order chi connectivity index (χ0) is 14.0. The summed E-state index contributed by atoms with van der Waals surface area (Å²) in [5, 5.41) is 9.01. The Hall–Kier alpha value is -1.07. The van der Waals surface area contributed by atoms with E-state index in [0.717, 1.165) is 6.42 Å². The molecule has 0 heterocycles. The number of aliphatic hydroxyl groups excluding tert-OH is 1. The summed E-state index contributed by atoms with van der Waals surface area (Å²) in [5.74, 6) is 0.847. The second kappa shape index (κ2) is 5.51. The average molecular weight is 273 g/mol. The maximum atomic E-state index is 12.2. The molecule has 0 aliphatic heterocycles. The van der Waals surface area contributed by atoms with Crippen molar-refractivity contribution in [3.63, 3.8) is 0 Å². The third-order valence-electron chi connectivity index (χ3n) is 3.56. The molecule has 19 heavy (non-hydrogen) atoms. The predicted molar refractivity (Wildman–Crippen MR) is 66.8 cm³/mol. The molecule has 0 unspecified atom stereocenters. The summed E-state index contributed by atoms with van der Waals surface area (Å²) in [5.41, 5.74) is 1.25. The van der Waals surface area contributed by atoms with E-state index in [2.05, 4.69) is 12.1 Å². The minimum atomic E-state index is -4.53. The van der Waals surface area contributed by atoms with Crippen LogP contribution in [0, 0.1) is 5.92 Å². The summed E-state index contributed by atoms with van der Waals surface area (Å²) in [6.07, 6.45) is -5.78. The highest BCUT2D eigenvalue weighted by Gasteiger charge is 2.41. The van der Waals surface area contributed by atoms with Crippen molar-refractivity contribution in [2.45, 2.75) is 24.6 Å². The molecule has 0 aromatic heterocycles. The Morgan fingerprint density at radius 2 is 1.95 bits per heavy atom. The normalized spacial score (nSPS) is 24.5. The number of benzene rings is 1. The van der Waals surface area contributed by atoms with Gasteiger partial charge >= 0.3 is 6.18 Å². The molecule has 0 radical (unpaired) electrons. The first-order valence-electron chi connectivity index (χ1n) is 6.36. The Bertz CT molecular complexity index is 407. The lowest BCUT2D eigenvalue weighted by molar-refractivity contribution is -0.207. The Morgan fingerprint density at radius 3 is 2.53 bits per heavy atom. The molecule has 1 saturated carbocycles. The first-order valence-corrected chi connectivity index (χ1v) is 6.36. The third kappa shape index (κ3) is 3.94. The van der Waals surface area contributed by atoms with Gasteiger partial charge in [0.15, 0.2) is 6.10 Å². The number of nitrogens with zero attached hydrogens (tertiary/aromatic N) is 1. The Kier molecular flexibility index (Phi) is 4.16. The number of aliphatic hydroxyl groups is 1. The van der Waals surface area contributed by atoms with E-state index in [1.807, 2.05) is 18.2 Å². The van der Waals surface area contributed by atoms with Gasteiger partial charge < -0.3 is 10.0 Å². The van der Waals surface area contributed by atoms with Crippen LogP contribution in [0.2, 0.25) is 0 Å². The van der Waals surface area contributed by atoms with Crippen LogP contribution in [-0.2, 0) is 0 Å². The monoisotopic (exact) mass is 273 g/mol. The van der Waals surface area contributed by atoms with Crippen LogP contribution in [0.25, 0.3) is 0 Å². The standard InChI is InChI=1S/C14H18F3NO/c1-18(9-13(19)14(15,16)17)8-11-7-12(11)10-5-3-2-4-6-10/h2-6,11-13,19H,7-9H2,1H3/t11-,12-,13-/m0/s1.